The number of nitrogens with zero attached hydrogens (tertiary/aromatic N) is 1. The molecule has 0 aliphatic carbocycles. The average molecular weight is 387 g/mol. The van der Waals surface area contributed by atoms with Gasteiger partial charge in [0.15, 0.2) is 5.78 Å². The predicted octanol–water partition coefficient (Wildman–Crippen LogP) is 4.43. The van der Waals surface area contributed by atoms with E-state index in [0.29, 0.717) is 28.8 Å². The molecule has 5 heteroatoms. The summed E-state index contributed by atoms with van der Waals surface area (Å²) >= 11 is 0. The molecular weight excluding hydrogens is 369 g/mol. The number of ketones is 1. The highest BCUT2D eigenvalue weighted by Gasteiger charge is 2.17. The van der Waals surface area contributed by atoms with E-state index in [0.717, 1.165) is 5.56 Å². The van der Waals surface area contributed by atoms with Crippen LogP contribution < -0.4 is 10.2 Å². The average Bonchev–Trinajstić information content (AvgIpc) is 2.75. The number of carbonyl (C=O) groups is 1. The van der Waals surface area contributed by atoms with E-state index in [9.17, 15) is 14.0 Å². The number of hydrogen-bond acceptors (Lipinski definition) is 3. The predicted molar refractivity (Wildman–Crippen MR) is 110 cm³/mol. The van der Waals surface area contributed by atoms with Gasteiger partial charge in [-0.05, 0) is 54.1 Å². The van der Waals surface area contributed by atoms with Gasteiger partial charge in [-0.15, -0.1) is 0 Å². The highest BCUT2D eigenvalue weighted by Crippen LogP contribution is 2.18. The van der Waals surface area contributed by atoms with Gasteiger partial charge in [0.05, 0.1) is 18.2 Å². The number of methoxy groups -OCH3 is 1. The Morgan fingerprint density at radius 3 is 2.48 bits per heavy atom. The van der Waals surface area contributed by atoms with Gasteiger partial charge >= 0.3 is 0 Å². The number of rotatable bonds is 5. The van der Waals surface area contributed by atoms with Gasteiger partial charge in [0, 0.05) is 23.7 Å². The number of para-hydroxylation sites is 1. The van der Waals surface area contributed by atoms with E-state index in [1.54, 1.807) is 61.8 Å². The zero-order chi connectivity index (χ0) is 20.4. The standard InChI is InChI=1S/C24H18FNO3/c1-29-19-11-9-17(10-12-19)23(27)21-15-26(14-16-5-4-6-18(25)13-16)22-8-3-2-7-20(22)24(21)28/h2-13,15H,14H2,1H3. The third-order valence-electron chi connectivity index (χ3n) is 4.83. The molecule has 0 bridgehead atoms. The van der Waals surface area contributed by atoms with Gasteiger partial charge in [0.1, 0.15) is 11.6 Å². The van der Waals surface area contributed by atoms with E-state index >= 15 is 0 Å². The summed E-state index contributed by atoms with van der Waals surface area (Å²) < 4.78 is 20.5. The fraction of sp³-hybridized carbons (Fsp3) is 0.0833. The maximum Gasteiger partial charge on any atom is 0.200 e. The number of benzene rings is 3. The number of halogens is 1. The van der Waals surface area contributed by atoms with Crippen molar-refractivity contribution in [1.29, 1.82) is 0 Å². The van der Waals surface area contributed by atoms with Crippen LogP contribution in [0.1, 0.15) is 21.5 Å². The number of carbonyl (C=O) groups excluding carboxylic acids is 1. The zero-order valence-electron chi connectivity index (χ0n) is 15.8. The first-order chi connectivity index (χ1) is 14.1. The molecule has 3 aromatic carbocycles. The molecule has 144 valence electrons. The minimum atomic E-state index is -0.364. The molecule has 0 saturated heterocycles. The largest absolute Gasteiger partial charge is 0.497 e. The highest BCUT2D eigenvalue weighted by atomic mass is 19.1. The fourth-order valence-corrected chi connectivity index (χ4v) is 3.37. The molecule has 0 atom stereocenters. The minimum Gasteiger partial charge on any atom is -0.497 e. The van der Waals surface area contributed by atoms with E-state index in [2.05, 4.69) is 0 Å². The fourth-order valence-electron chi connectivity index (χ4n) is 3.37. The molecule has 4 rings (SSSR count). The summed E-state index contributed by atoms with van der Waals surface area (Å²) in [5.41, 5.74) is 1.58. The second-order valence-electron chi connectivity index (χ2n) is 6.70. The van der Waals surface area contributed by atoms with Crippen LogP contribution in [0, 0.1) is 5.82 Å². The smallest absolute Gasteiger partial charge is 0.200 e. The molecule has 1 heterocycles. The number of hydrogen-bond donors (Lipinski definition) is 0. The van der Waals surface area contributed by atoms with Gasteiger partial charge in [-0.1, -0.05) is 24.3 Å². The Balaban J connectivity index is 1.84. The third kappa shape index (κ3) is 3.67. The van der Waals surface area contributed by atoms with E-state index in [-0.39, 0.29) is 22.6 Å². The molecule has 1 aromatic heterocycles. The van der Waals surface area contributed by atoms with Crippen molar-refractivity contribution in [3.63, 3.8) is 0 Å². The normalized spacial score (nSPS) is 10.8. The van der Waals surface area contributed by atoms with E-state index in [4.69, 9.17) is 4.74 Å². The maximum atomic E-state index is 13.6. The van der Waals surface area contributed by atoms with Crippen LogP contribution in [0.3, 0.4) is 0 Å². The van der Waals surface area contributed by atoms with Crippen molar-refractivity contribution in [3.8, 4) is 5.75 Å². The Morgan fingerprint density at radius 2 is 1.76 bits per heavy atom. The van der Waals surface area contributed by atoms with Crippen LogP contribution in [0.5, 0.6) is 5.75 Å². The summed E-state index contributed by atoms with van der Waals surface area (Å²) in [6, 6.07) is 20.0. The zero-order valence-corrected chi connectivity index (χ0v) is 15.8. The van der Waals surface area contributed by atoms with Crippen LogP contribution in [-0.4, -0.2) is 17.5 Å². The summed E-state index contributed by atoms with van der Waals surface area (Å²) in [7, 11) is 1.55. The Kier molecular flexibility index (Phi) is 4.96. The Labute approximate surface area is 166 Å². The Bertz CT molecular complexity index is 1260. The molecule has 4 aromatic rings. The molecule has 0 aliphatic rings. The lowest BCUT2D eigenvalue weighted by molar-refractivity contribution is 0.103. The second kappa shape index (κ2) is 7.72. The second-order valence-corrected chi connectivity index (χ2v) is 6.70. The molecule has 4 nitrogen and oxygen atoms in total. The van der Waals surface area contributed by atoms with Crippen molar-refractivity contribution in [2.45, 2.75) is 6.54 Å². The summed E-state index contributed by atoms with van der Waals surface area (Å²) in [6.45, 7) is 0.335. The Morgan fingerprint density at radius 1 is 1.00 bits per heavy atom. The summed E-state index contributed by atoms with van der Waals surface area (Å²) in [4.78, 5) is 26.1. The molecule has 0 radical (unpaired) electrons. The molecule has 0 N–H and O–H groups in total. The third-order valence-corrected chi connectivity index (χ3v) is 4.83. The molecule has 0 saturated carbocycles. The van der Waals surface area contributed by atoms with Gasteiger partial charge in [-0.25, -0.2) is 4.39 Å². The first-order valence-corrected chi connectivity index (χ1v) is 9.12. The topological polar surface area (TPSA) is 48.3 Å². The van der Waals surface area contributed by atoms with Gasteiger partial charge in [0.25, 0.3) is 0 Å². The molecule has 0 aliphatic heterocycles. The molecule has 0 spiro atoms. The molecule has 0 unspecified atom stereocenters. The quantitative estimate of drug-likeness (QED) is 0.476. The van der Waals surface area contributed by atoms with Gasteiger partial charge in [0.2, 0.25) is 5.43 Å². The van der Waals surface area contributed by atoms with Crippen LogP contribution in [-0.2, 0) is 6.54 Å². The summed E-state index contributed by atoms with van der Waals surface area (Å²) in [5, 5.41) is 0.447. The van der Waals surface area contributed by atoms with Crippen molar-refractivity contribution in [2.24, 2.45) is 0 Å². The first-order valence-electron chi connectivity index (χ1n) is 9.12. The maximum absolute atomic E-state index is 13.6. The van der Waals surface area contributed by atoms with E-state index in [1.807, 2.05) is 16.7 Å². The van der Waals surface area contributed by atoms with Crippen molar-refractivity contribution in [1.82, 2.24) is 4.57 Å². The lowest BCUT2D eigenvalue weighted by Gasteiger charge is -2.13. The Hall–Kier alpha value is -3.73. The van der Waals surface area contributed by atoms with Gasteiger partial charge < -0.3 is 9.30 Å². The van der Waals surface area contributed by atoms with Crippen molar-refractivity contribution < 1.29 is 13.9 Å². The highest BCUT2D eigenvalue weighted by molar-refractivity contribution is 6.10. The van der Waals surface area contributed by atoms with Crippen LogP contribution >= 0.6 is 0 Å². The van der Waals surface area contributed by atoms with Crippen molar-refractivity contribution >= 4 is 16.7 Å². The molecule has 0 amide bonds. The van der Waals surface area contributed by atoms with Crippen LogP contribution in [0.15, 0.2) is 83.8 Å². The molecule has 29 heavy (non-hydrogen) atoms. The number of pyridine rings is 1. The van der Waals surface area contributed by atoms with Crippen LogP contribution in [0.4, 0.5) is 4.39 Å². The van der Waals surface area contributed by atoms with Crippen LogP contribution in [0.25, 0.3) is 10.9 Å². The molecular formula is C24H18FNO3. The monoisotopic (exact) mass is 387 g/mol. The van der Waals surface area contributed by atoms with Gasteiger partial charge in [-0.2, -0.15) is 0 Å². The molecule has 0 fully saturated rings. The van der Waals surface area contributed by atoms with Crippen molar-refractivity contribution in [2.75, 3.05) is 7.11 Å². The summed E-state index contributed by atoms with van der Waals surface area (Å²) in [6.07, 6.45) is 1.56. The van der Waals surface area contributed by atoms with E-state index < -0.39 is 0 Å². The summed E-state index contributed by atoms with van der Waals surface area (Å²) in [5.74, 6) is -0.0673. The first kappa shape index (κ1) is 18.6. The van der Waals surface area contributed by atoms with Gasteiger partial charge in [-0.3, -0.25) is 9.59 Å². The van der Waals surface area contributed by atoms with Crippen LogP contribution in [0.2, 0.25) is 0 Å². The lowest BCUT2D eigenvalue weighted by atomic mass is 10.0. The number of aromatic nitrogens is 1. The lowest BCUT2D eigenvalue weighted by Crippen LogP contribution is -2.20. The minimum absolute atomic E-state index is 0.0743. The number of ether oxygens (including phenoxy) is 1. The SMILES string of the molecule is COc1ccc(C(=O)c2cn(Cc3cccc(F)c3)c3ccccc3c2=O)cc1. The van der Waals surface area contributed by atoms with E-state index in [1.165, 1.54) is 12.1 Å². The number of fused-ring (bicyclic) bond motifs is 1. The van der Waals surface area contributed by atoms with Crippen molar-refractivity contribution in [3.05, 3.63) is 112 Å².